The largest absolute Gasteiger partial charge is 0.573 e. The molecule has 1 aromatic carbocycles. The molecule has 0 spiro atoms. The third-order valence-electron chi connectivity index (χ3n) is 3.36. The van der Waals surface area contributed by atoms with E-state index in [0.29, 0.717) is 13.1 Å². The molecule has 0 saturated carbocycles. The minimum atomic E-state index is -4.79. The smallest absolute Gasteiger partial charge is 0.508 e. The molecular weight excluding hydrogens is 289 g/mol. The summed E-state index contributed by atoms with van der Waals surface area (Å²) in [6, 6.07) is 2.73. The minimum Gasteiger partial charge on any atom is -0.508 e. The van der Waals surface area contributed by atoms with Gasteiger partial charge in [-0.1, -0.05) is 0 Å². The molecule has 1 atom stereocenters. The number of alkyl halides is 3. The molecule has 118 valence electrons. The van der Waals surface area contributed by atoms with Crippen molar-refractivity contribution >= 4 is 0 Å². The predicted molar refractivity (Wildman–Crippen MR) is 69.1 cm³/mol. The van der Waals surface area contributed by atoms with Crippen LogP contribution >= 0.6 is 0 Å². The Morgan fingerprint density at radius 1 is 1.29 bits per heavy atom. The second kappa shape index (κ2) is 6.50. The highest BCUT2D eigenvalue weighted by Crippen LogP contribution is 2.33. The standard InChI is InChI=1S/C13H17F3N2O3/c14-13(15,16)21-9-1-2-12(20)10(7-9)11(8-19)18-5-3-17-4-6-18/h1-2,7,11,17,19-20H,3-6,8H2/t11-/m0/s1. The Bertz CT molecular complexity index is 476. The van der Waals surface area contributed by atoms with Gasteiger partial charge in [-0.3, -0.25) is 4.90 Å². The van der Waals surface area contributed by atoms with Crippen LogP contribution in [-0.2, 0) is 0 Å². The summed E-state index contributed by atoms with van der Waals surface area (Å²) in [5, 5.41) is 22.6. The maximum atomic E-state index is 12.3. The summed E-state index contributed by atoms with van der Waals surface area (Å²) >= 11 is 0. The zero-order valence-electron chi connectivity index (χ0n) is 11.2. The van der Waals surface area contributed by atoms with E-state index in [1.54, 1.807) is 0 Å². The van der Waals surface area contributed by atoms with E-state index in [-0.39, 0.29) is 17.9 Å². The Hall–Kier alpha value is -1.51. The number of phenolic OH excluding ortho intramolecular Hbond substituents is 1. The lowest BCUT2D eigenvalue weighted by molar-refractivity contribution is -0.274. The lowest BCUT2D eigenvalue weighted by Crippen LogP contribution is -2.46. The van der Waals surface area contributed by atoms with Crippen molar-refractivity contribution < 1.29 is 28.1 Å². The molecule has 1 fully saturated rings. The number of aromatic hydroxyl groups is 1. The summed E-state index contributed by atoms with van der Waals surface area (Å²) in [6.07, 6.45) is -4.79. The first kappa shape index (κ1) is 15.9. The minimum absolute atomic E-state index is 0.165. The van der Waals surface area contributed by atoms with Crippen LogP contribution in [0.5, 0.6) is 11.5 Å². The lowest BCUT2D eigenvalue weighted by atomic mass is 10.0. The second-order valence-corrected chi connectivity index (χ2v) is 4.75. The highest BCUT2D eigenvalue weighted by molar-refractivity contribution is 5.41. The van der Waals surface area contributed by atoms with Crippen molar-refractivity contribution in [3.05, 3.63) is 23.8 Å². The van der Waals surface area contributed by atoms with Crippen LogP contribution in [-0.4, -0.2) is 54.3 Å². The number of nitrogens with zero attached hydrogens (tertiary/aromatic N) is 1. The van der Waals surface area contributed by atoms with Gasteiger partial charge in [0.1, 0.15) is 11.5 Å². The van der Waals surface area contributed by atoms with Crippen LogP contribution < -0.4 is 10.1 Å². The molecule has 0 unspecified atom stereocenters. The van der Waals surface area contributed by atoms with E-state index in [1.807, 2.05) is 4.90 Å². The molecule has 1 aromatic rings. The van der Waals surface area contributed by atoms with E-state index >= 15 is 0 Å². The molecule has 1 heterocycles. The van der Waals surface area contributed by atoms with E-state index in [9.17, 15) is 23.4 Å². The van der Waals surface area contributed by atoms with Gasteiger partial charge in [0.05, 0.1) is 12.6 Å². The Balaban J connectivity index is 2.24. The number of aliphatic hydroxyl groups excluding tert-OH is 1. The van der Waals surface area contributed by atoms with Gasteiger partial charge >= 0.3 is 6.36 Å². The van der Waals surface area contributed by atoms with Crippen LogP contribution in [0.1, 0.15) is 11.6 Å². The first-order valence-electron chi connectivity index (χ1n) is 6.55. The van der Waals surface area contributed by atoms with Crippen molar-refractivity contribution in [1.29, 1.82) is 0 Å². The van der Waals surface area contributed by atoms with Gasteiger partial charge in [0, 0.05) is 31.7 Å². The summed E-state index contributed by atoms with van der Waals surface area (Å²) < 4.78 is 40.6. The van der Waals surface area contributed by atoms with E-state index in [0.717, 1.165) is 31.3 Å². The van der Waals surface area contributed by atoms with Gasteiger partial charge in [0.25, 0.3) is 0 Å². The fourth-order valence-corrected chi connectivity index (χ4v) is 2.40. The number of halogens is 3. The Kier molecular flexibility index (Phi) is 4.92. The first-order valence-corrected chi connectivity index (χ1v) is 6.55. The molecular formula is C13H17F3N2O3. The number of benzene rings is 1. The maximum Gasteiger partial charge on any atom is 0.573 e. The highest BCUT2D eigenvalue weighted by Gasteiger charge is 2.32. The average Bonchev–Trinajstić information content (AvgIpc) is 2.43. The van der Waals surface area contributed by atoms with E-state index in [4.69, 9.17) is 0 Å². The quantitative estimate of drug-likeness (QED) is 0.781. The van der Waals surface area contributed by atoms with Gasteiger partial charge in [-0.05, 0) is 18.2 Å². The fraction of sp³-hybridized carbons (Fsp3) is 0.538. The van der Waals surface area contributed by atoms with Gasteiger partial charge in [-0.2, -0.15) is 0 Å². The zero-order valence-corrected chi connectivity index (χ0v) is 11.2. The average molecular weight is 306 g/mol. The van der Waals surface area contributed by atoms with Gasteiger partial charge in [0.15, 0.2) is 0 Å². The van der Waals surface area contributed by atoms with Crippen molar-refractivity contribution in [2.24, 2.45) is 0 Å². The number of phenols is 1. The van der Waals surface area contributed by atoms with Gasteiger partial charge < -0.3 is 20.3 Å². The molecule has 3 N–H and O–H groups in total. The first-order chi connectivity index (χ1) is 9.90. The number of hydrogen-bond donors (Lipinski definition) is 3. The van der Waals surface area contributed by atoms with Crippen molar-refractivity contribution in [1.82, 2.24) is 10.2 Å². The van der Waals surface area contributed by atoms with Crippen LogP contribution in [0.25, 0.3) is 0 Å². The molecule has 0 aliphatic carbocycles. The Morgan fingerprint density at radius 2 is 1.95 bits per heavy atom. The maximum absolute atomic E-state index is 12.3. The predicted octanol–water partition coefficient (Wildman–Crippen LogP) is 1.23. The fourth-order valence-electron chi connectivity index (χ4n) is 2.40. The molecule has 0 radical (unpaired) electrons. The molecule has 2 rings (SSSR count). The molecule has 21 heavy (non-hydrogen) atoms. The number of aliphatic hydroxyl groups is 1. The summed E-state index contributed by atoms with van der Waals surface area (Å²) in [4.78, 5) is 1.91. The number of piperazine rings is 1. The van der Waals surface area contributed by atoms with Crippen molar-refractivity contribution in [3.63, 3.8) is 0 Å². The summed E-state index contributed by atoms with van der Waals surface area (Å²) in [5.74, 6) is -0.578. The SMILES string of the molecule is OC[C@@H](c1cc(OC(F)(F)F)ccc1O)N1CCNCC1. The number of hydrogen-bond acceptors (Lipinski definition) is 5. The monoisotopic (exact) mass is 306 g/mol. The van der Waals surface area contributed by atoms with Crippen LogP contribution in [0.3, 0.4) is 0 Å². The van der Waals surface area contributed by atoms with Crippen LogP contribution in [0.15, 0.2) is 18.2 Å². The van der Waals surface area contributed by atoms with Crippen LogP contribution in [0.4, 0.5) is 13.2 Å². The van der Waals surface area contributed by atoms with Gasteiger partial charge in [-0.15, -0.1) is 13.2 Å². The third-order valence-corrected chi connectivity index (χ3v) is 3.36. The molecule has 1 aliphatic heterocycles. The molecule has 5 nitrogen and oxygen atoms in total. The number of rotatable bonds is 4. The summed E-state index contributed by atoms with van der Waals surface area (Å²) in [7, 11) is 0. The van der Waals surface area contributed by atoms with Crippen LogP contribution in [0.2, 0.25) is 0 Å². The summed E-state index contributed by atoms with van der Waals surface area (Å²) in [5.41, 5.74) is 0.223. The number of nitrogens with one attached hydrogen (secondary N) is 1. The van der Waals surface area contributed by atoms with Gasteiger partial charge in [-0.25, -0.2) is 0 Å². The van der Waals surface area contributed by atoms with Crippen molar-refractivity contribution in [2.45, 2.75) is 12.4 Å². The Morgan fingerprint density at radius 3 is 2.52 bits per heavy atom. The van der Waals surface area contributed by atoms with Crippen LogP contribution in [0, 0.1) is 0 Å². The molecule has 8 heteroatoms. The van der Waals surface area contributed by atoms with Gasteiger partial charge in [0.2, 0.25) is 0 Å². The Labute approximate surface area is 119 Å². The third kappa shape index (κ3) is 4.23. The molecule has 0 bridgehead atoms. The molecule has 0 amide bonds. The number of ether oxygens (including phenoxy) is 1. The highest BCUT2D eigenvalue weighted by atomic mass is 19.4. The van der Waals surface area contributed by atoms with E-state index in [1.165, 1.54) is 0 Å². The van der Waals surface area contributed by atoms with E-state index in [2.05, 4.69) is 10.1 Å². The summed E-state index contributed by atoms with van der Waals surface area (Å²) in [6.45, 7) is 2.40. The normalized spacial score (nSPS) is 18.5. The lowest BCUT2D eigenvalue weighted by Gasteiger charge is -2.34. The molecule has 1 aliphatic rings. The molecule has 0 aromatic heterocycles. The zero-order chi connectivity index (χ0) is 15.5. The van der Waals surface area contributed by atoms with E-state index < -0.39 is 18.2 Å². The topological polar surface area (TPSA) is 65.0 Å². The van der Waals surface area contributed by atoms with Crippen molar-refractivity contribution in [3.8, 4) is 11.5 Å². The molecule has 1 saturated heterocycles. The second-order valence-electron chi connectivity index (χ2n) is 4.75. The van der Waals surface area contributed by atoms with Crippen molar-refractivity contribution in [2.75, 3.05) is 32.8 Å².